The Morgan fingerprint density at radius 2 is 1.87 bits per heavy atom. The van der Waals surface area contributed by atoms with Gasteiger partial charge in [0.05, 0.1) is 0 Å². The molecule has 0 aromatic rings. The second-order valence-electron chi connectivity index (χ2n) is 5.09. The summed E-state index contributed by atoms with van der Waals surface area (Å²) in [5, 5.41) is 3.36. The highest BCUT2D eigenvalue weighted by molar-refractivity contribution is 5.94. The van der Waals surface area contributed by atoms with Crippen molar-refractivity contribution in [3.8, 4) is 0 Å². The lowest BCUT2D eigenvalue weighted by molar-refractivity contribution is -0.121. The molecule has 1 unspecified atom stereocenters. The van der Waals surface area contributed by atoms with E-state index in [0.717, 1.165) is 18.5 Å². The van der Waals surface area contributed by atoms with E-state index in [1.807, 2.05) is 20.8 Å². The predicted octanol–water partition coefficient (Wildman–Crippen LogP) is 3.28. The van der Waals surface area contributed by atoms with E-state index in [-0.39, 0.29) is 11.2 Å². The summed E-state index contributed by atoms with van der Waals surface area (Å²) in [7, 11) is 0. The highest BCUT2D eigenvalue weighted by Crippen LogP contribution is 2.16. The van der Waals surface area contributed by atoms with Gasteiger partial charge in [-0.15, -0.1) is 0 Å². The summed E-state index contributed by atoms with van der Waals surface area (Å²) in [4.78, 5) is 11.8. The quantitative estimate of drug-likeness (QED) is 0.707. The Morgan fingerprint density at radius 3 is 2.20 bits per heavy atom. The van der Waals surface area contributed by atoms with Gasteiger partial charge in [-0.3, -0.25) is 4.79 Å². The van der Waals surface area contributed by atoms with E-state index in [9.17, 15) is 4.79 Å². The number of nitrogens with one attached hydrogen (secondary N) is 1. The minimum Gasteiger partial charge on any atom is -0.386 e. The van der Waals surface area contributed by atoms with Gasteiger partial charge in [0, 0.05) is 23.2 Å². The summed E-state index contributed by atoms with van der Waals surface area (Å²) in [6, 6.07) is 0.434. The third-order valence-electron chi connectivity index (χ3n) is 2.47. The summed E-state index contributed by atoms with van der Waals surface area (Å²) in [6.45, 7) is 12.2. The summed E-state index contributed by atoms with van der Waals surface area (Å²) >= 11 is 0. The molecule has 0 aliphatic carbocycles. The van der Waals surface area contributed by atoms with Crippen molar-refractivity contribution in [2.24, 2.45) is 5.41 Å². The lowest BCUT2D eigenvalue weighted by atomic mass is 9.90. The maximum absolute atomic E-state index is 11.8. The molecule has 0 aromatic carbocycles. The minimum atomic E-state index is -0.280. The van der Waals surface area contributed by atoms with E-state index in [1.165, 1.54) is 0 Å². The molecule has 0 aliphatic heterocycles. The molecule has 0 rings (SSSR count). The first kappa shape index (κ1) is 14.2. The second-order valence-corrected chi connectivity index (χ2v) is 5.09. The Hall–Kier alpha value is -0.790. The average Bonchev–Trinajstić information content (AvgIpc) is 2.14. The molecule has 0 fully saturated rings. The van der Waals surface area contributed by atoms with Crippen LogP contribution in [0.1, 0.15) is 54.4 Å². The first-order valence-electron chi connectivity index (χ1n) is 5.82. The van der Waals surface area contributed by atoms with Crippen molar-refractivity contribution in [1.82, 2.24) is 5.32 Å². The zero-order valence-corrected chi connectivity index (χ0v) is 11.0. The lowest BCUT2D eigenvalue weighted by Crippen LogP contribution is -2.26. The molecule has 0 amide bonds. The van der Waals surface area contributed by atoms with Crippen molar-refractivity contribution >= 4 is 5.78 Å². The van der Waals surface area contributed by atoms with E-state index < -0.39 is 0 Å². The molecule has 0 bridgehead atoms. The first-order valence-corrected chi connectivity index (χ1v) is 5.82. The number of ketones is 1. The van der Waals surface area contributed by atoms with Crippen LogP contribution in [0, 0.1) is 5.41 Å². The van der Waals surface area contributed by atoms with Gasteiger partial charge < -0.3 is 5.32 Å². The van der Waals surface area contributed by atoms with Crippen molar-refractivity contribution < 1.29 is 4.79 Å². The molecule has 15 heavy (non-hydrogen) atoms. The highest BCUT2D eigenvalue weighted by atomic mass is 16.1. The van der Waals surface area contributed by atoms with Crippen molar-refractivity contribution in [3.63, 3.8) is 0 Å². The third kappa shape index (κ3) is 5.60. The topological polar surface area (TPSA) is 29.1 Å². The molecule has 88 valence electrons. The summed E-state index contributed by atoms with van der Waals surface area (Å²) in [5.41, 5.74) is 0.765. The fraction of sp³-hybridized carbons (Fsp3) is 0.769. The number of carbonyl (C=O) groups is 1. The Balaban J connectivity index is 4.53. The Morgan fingerprint density at radius 1 is 1.33 bits per heavy atom. The van der Waals surface area contributed by atoms with Crippen LogP contribution < -0.4 is 5.32 Å². The molecule has 2 heteroatoms. The normalized spacial score (nSPS) is 14.9. The number of rotatable bonds is 5. The van der Waals surface area contributed by atoms with Crippen LogP contribution in [-0.2, 0) is 4.79 Å². The molecule has 0 spiro atoms. The maximum atomic E-state index is 11.8. The van der Waals surface area contributed by atoms with Crippen LogP contribution in [0.4, 0.5) is 0 Å². The smallest absolute Gasteiger partial charge is 0.162 e. The predicted molar refractivity (Wildman–Crippen MR) is 65.7 cm³/mol. The van der Waals surface area contributed by atoms with Gasteiger partial charge in [0.15, 0.2) is 5.78 Å². The van der Waals surface area contributed by atoms with Crippen LogP contribution in [-0.4, -0.2) is 11.8 Å². The van der Waals surface area contributed by atoms with Gasteiger partial charge in [0.2, 0.25) is 0 Å². The first-order chi connectivity index (χ1) is 6.81. The van der Waals surface area contributed by atoms with Crippen molar-refractivity contribution in [3.05, 3.63) is 11.8 Å². The van der Waals surface area contributed by atoms with Crippen LogP contribution in [0.2, 0.25) is 0 Å². The van der Waals surface area contributed by atoms with Crippen LogP contribution >= 0.6 is 0 Å². The Bertz CT molecular complexity index is 235. The average molecular weight is 211 g/mol. The minimum absolute atomic E-state index is 0.190. The Labute approximate surface area is 94.1 Å². The van der Waals surface area contributed by atoms with Crippen LogP contribution in [0.3, 0.4) is 0 Å². The molecule has 0 radical (unpaired) electrons. The second kappa shape index (κ2) is 5.94. The number of carbonyl (C=O) groups excluding carboxylic acids is 1. The molecule has 1 atom stereocenters. The molecule has 2 nitrogen and oxygen atoms in total. The van der Waals surface area contributed by atoms with Gasteiger partial charge in [-0.05, 0) is 19.8 Å². The van der Waals surface area contributed by atoms with E-state index in [2.05, 4.69) is 26.1 Å². The van der Waals surface area contributed by atoms with E-state index in [1.54, 1.807) is 6.08 Å². The van der Waals surface area contributed by atoms with Gasteiger partial charge in [0.1, 0.15) is 0 Å². The van der Waals surface area contributed by atoms with Crippen LogP contribution in [0.5, 0.6) is 0 Å². The number of allylic oxidation sites excluding steroid dienone is 2. The molecule has 1 N–H and O–H groups in total. The van der Waals surface area contributed by atoms with Gasteiger partial charge in [-0.1, -0.05) is 34.6 Å². The molecule has 0 aliphatic rings. The zero-order valence-electron chi connectivity index (χ0n) is 11.0. The van der Waals surface area contributed by atoms with Gasteiger partial charge in [0.25, 0.3) is 0 Å². The van der Waals surface area contributed by atoms with Crippen molar-refractivity contribution in [2.45, 2.75) is 60.4 Å². The molecule has 0 aromatic heterocycles. The van der Waals surface area contributed by atoms with Crippen LogP contribution in [0.25, 0.3) is 0 Å². The van der Waals surface area contributed by atoms with E-state index in [0.29, 0.717) is 6.04 Å². The standard InChI is InChI=1S/C13H25NO/c1-7-10(3)14-11(8-2)9-12(15)13(4,5)6/h9-10,14H,7-8H2,1-6H3/b11-9-. The van der Waals surface area contributed by atoms with Gasteiger partial charge in [-0.25, -0.2) is 0 Å². The largest absolute Gasteiger partial charge is 0.386 e. The third-order valence-corrected chi connectivity index (χ3v) is 2.47. The molecular weight excluding hydrogens is 186 g/mol. The fourth-order valence-electron chi connectivity index (χ4n) is 1.04. The van der Waals surface area contributed by atoms with Gasteiger partial charge >= 0.3 is 0 Å². The molecular formula is C13H25NO. The monoisotopic (exact) mass is 211 g/mol. The van der Waals surface area contributed by atoms with Crippen molar-refractivity contribution in [1.29, 1.82) is 0 Å². The number of hydrogen-bond donors (Lipinski definition) is 1. The molecule has 0 heterocycles. The van der Waals surface area contributed by atoms with E-state index in [4.69, 9.17) is 0 Å². The van der Waals surface area contributed by atoms with Crippen molar-refractivity contribution in [2.75, 3.05) is 0 Å². The Kier molecular flexibility index (Phi) is 5.63. The lowest BCUT2D eigenvalue weighted by Gasteiger charge is -2.18. The van der Waals surface area contributed by atoms with Crippen LogP contribution in [0.15, 0.2) is 11.8 Å². The SMILES string of the molecule is CC/C(=C/C(=O)C(C)(C)C)NC(C)CC. The zero-order chi connectivity index (χ0) is 12.1. The van der Waals surface area contributed by atoms with Gasteiger partial charge in [-0.2, -0.15) is 0 Å². The maximum Gasteiger partial charge on any atom is 0.162 e. The summed E-state index contributed by atoms with van der Waals surface area (Å²) < 4.78 is 0. The molecule has 0 saturated heterocycles. The summed E-state index contributed by atoms with van der Waals surface area (Å²) in [5.74, 6) is 0.190. The molecule has 0 saturated carbocycles. The van der Waals surface area contributed by atoms with E-state index >= 15 is 0 Å². The fourth-order valence-corrected chi connectivity index (χ4v) is 1.04. The highest BCUT2D eigenvalue weighted by Gasteiger charge is 2.19. The summed E-state index contributed by atoms with van der Waals surface area (Å²) in [6.07, 6.45) is 3.71. The number of hydrogen-bond acceptors (Lipinski definition) is 2.